The molecular formula is C9H6F6N2O. The maximum Gasteiger partial charge on any atom is 0.416 e. The molecule has 0 saturated heterocycles. The van der Waals surface area contributed by atoms with E-state index in [1.807, 2.05) is 0 Å². The first-order valence-corrected chi connectivity index (χ1v) is 4.33. The van der Waals surface area contributed by atoms with Gasteiger partial charge in [-0.25, -0.2) is 0 Å². The van der Waals surface area contributed by atoms with Gasteiger partial charge in [0, 0.05) is 5.56 Å². The van der Waals surface area contributed by atoms with E-state index in [2.05, 4.69) is 5.16 Å². The second-order valence-corrected chi connectivity index (χ2v) is 3.28. The van der Waals surface area contributed by atoms with Gasteiger partial charge in [-0.15, -0.1) is 0 Å². The van der Waals surface area contributed by atoms with Crippen LogP contribution in [0.4, 0.5) is 26.3 Å². The van der Waals surface area contributed by atoms with Crippen LogP contribution in [0, 0.1) is 0 Å². The Morgan fingerprint density at radius 1 is 0.944 bits per heavy atom. The molecule has 0 fully saturated rings. The van der Waals surface area contributed by atoms with Crippen molar-refractivity contribution >= 4 is 5.84 Å². The number of oxime groups is 1. The van der Waals surface area contributed by atoms with E-state index in [4.69, 9.17) is 10.9 Å². The number of rotatable bonds is 1. The highest BCUT2D eigenvalue weighted by atomic mass is 19.4. The predicted octanol–water partition coefficient (Wildman–Crippen LogP) is 2.82. The Morgan fingerprint density at radius 3 is 1.61 bits per heavy atom. The average Bonchev–Trinajstić information content (AvgIpc) is 2.25. The lowest BCUT2D eigenvalue weighted by Gasteiger charge is -2.13. The molecular weight excluding hydrogens is 266 g/mol. The molecule has 0 aliphatic heterocycles. The summed E-state index contributed by atoms with van der Waals surface area (Å²) in [7, 11) is 0. The number of benzene rings is 1. The molecule has 0 aliphatic rings. The zero-order chi connectivity index (χ0) is 14.1. The zero-order valence-corrected chi connectivity index (χ0v) is 8.47. The molecule has 0 bridgehead atoms. The van der Waals surface area contributed by atoms with Gasteiger partial charge in [0.2, 0.25) is 0 Å². The fourth-order valence-electron chi connectivity index (χ4n) is 1.16. The lowest BCUT2D eigenvalue weighted by Crippen LogP contribution is -2.18. The number of nitrogens with two attached hydrogens (primary N) is 1. The monoisotopic (exact) mass is 272 g/mol. The van der Waals surface area contributed by atoms with Crippen molar-refractivity contribution in [2.75, 3.05) is 0 Å². The van der Waals surface area contributed by atoms with Crippen LogP contribution in [-0.2, 0) is 12.4 Å². The van der Waals surface area contributed by atoms with Gasteiger partial charge in [-0.1, -0.05) is 5.16 Å². The molecule has 3 nitrogen and oxygen atoms in total. The van der Waals surface area contributed by atoms with Crippen molar-refractivity contribution in [1.29, 1.82) is 0 Å². The Kier molecular flexibility index (Phi) is 3.45. The summed E-state index contributed by atoms with van der Waals surface area (Å²) in [5, 5.41) is 10.6. The van der Waals surface area contributed by atoms with Crippen molar-refractivity contribution < 1.29 is 31.5 Å². The number of hydrogen-bond acceptors (Lipinski definition) is 2. The third kappa shape index (κ3) is 3.05. The van der Waals surface area contributed by atoms with E-state index in [9.17, 15) is 26.3 Å². The second kappa shape index (κ2) is 4.39. The summed E-state index contributed by atoms with van der Waals surface area (Å²) in [4.78, 5) is 0. The van der Waals surface area contributed by atoms with Gasteiger partial charge in [0.05, 0.1) is 11.1 Å². The van der Waals surface area contributed by atoms with Crippen LogP contribution >= 0.6 is 0 Å². The van der Waals surface area contributed by atoms with Crippen molar-refractivity contribution in [3.63, 3.8) is 0 Å². The fraction of sp³-hybridized carbons (Fsp3) is 0.222. The maximum absolute atomic E-state index is 12.4. The fourth-order valence-corrected chi connectivity index (χ4v) is 1.16. The van der Waals surface area contributed by atoms with E-state index in [-0.39, 0.29) is 6.07 Å². The Labute approximate surface area is 96.5 Å². The van der Waals surface area contributed by atoms with Crippen LogP contribution in [-0.4, -0.2) is 11.0 Å². The van der Waals surface area contributed by atoms with Crippen LogP contribution in [0.1, 0.15) is 16.7 Å². The van der Waals surface area contributed by atoms with E-state index in [1.165, 1.54) is 0 Å². The van der Waals surface area contributed by atoms with E-state index in [0.29, 0.717) is 12.1 Å². The molecule has 0 atom stereocenters. The highest BCUT2D eigenvalue weighted by Crippen LogP contribution is 2.36. The normalized spacial score (nSPS) is 13.8. The SMILES string of the molecule is NC(=NO)c1cc(C(F)(F)F)cc(C(F)(F)F)c1. The van der Waals surface area contributed by atoms with Crippen LogP contribution < -0.4 is 5.73 Å². The summed E-state index contributed by atoms with van der Waals surface area (Å²) in [6, 6.07) is 0.683. The smallest absolute Gasteiger partial charge is 0.409 e. The molecule has 0 heterocycles. The predicted molar refractivity (Wildman–Crippen MR) is 49.0 cm³/mol. The zero-order valence-electron chi connectivity index (χ0n) is 8.47. The molecule has 100 valence electrons. The molecule has 1 rings (SSSR count). The summed E-state index contributed by atoms with van der Waals surface area (Å²) in [6.45, 7) is 0. The molecule has 0 unspecified atom stereocenters. The molecule has 1 aromatic carbocycles. The topological polar surface area (TPSA) is 58.6 Å². The van der Waals surface area contributed by atoms with Gasteiger partial charge < -0.3 is 10.9 Å². The Morgan fingerprint density at radius 2 is 1.33 bits per heavy atom. The molecule has 3 N–H and O–H groups in total. The molecule has 0 radical (unpaired) electrons. The lowest BCUT2D eigenvalue weighted by molar-refractivity contribution is -0.143. The van der Waals surface area contributed by atoms with E-state index >= 15 is 0 Å². The van der Waals surface area contributed by atoms with Crippen molar-refractivity contribution in [2.45, 2.75) is 12.4 Å². The molecule has 1 aromatic rings. The highest BCUT2D eigenvalue weighted by Gasteiger charge is 2.37. The second-order valence-electron chi connectivity index (χ2n) is 3.28. The van der Waals surface area contributed by atoms with Crippen molar-refractivity contribution in [1.82, 2.24) is 0 Å². The van der Waals surface area contributed by atoms with Crippen LogP contribution in [0.25, 0.3) is 0 Å². The third-order valence-electron chi connectivity index (χ3n) is 1.99. The minimum absolute atomic E-state index is 0.0475. The van der Waals surface area contributed by atoms with E-state index in [0.717, 1.165) is 0 Å². The van der Waals surface area contributed by atoms with E-state index < -0.39 is 34.9 Å². The summed E-state index contributed by atoms with van der Waals surface area (Å²) < 4.78 is 74.4. The largest absolute Gasteiger partial charge is 0.416 e. The number of halogens is 6. The first kappa shape index (κ1) is 14.1. The number of hydrogen-bond donors (Lipinski definition) is 2. The highest BCUT2D eigenvalue weighted by molar-refractivity contribution is 5.97. The van der Waals surface area contributed by atoms with Crippen molar-refractivity contribution in [3.05, 3.63) is 34.9 Å². The van der Waals surface area contributed by atoms with Gasteiger partial charge in [-0.05, 0) is 18.2 Å². The molecule has 0 amide bonds. The van der Waals surface area contributed by atoms with E-state index in [1.54, 1.807) is 0 Å². The average molecular weight is 272 g/mol. The lowest BCUT2D eigenvalue weighted by atomic mass is 10.0. The van der Waals surface area contributed by atoms with Crippen LogP contribution in [0.15, 0.2) is 23.4 Å². The molecule has 9 heteroatoms. The minimum Gasteiger partial charge on any atom is -0.409 e. The van der Waals surface area contributed by atoms with Gasteiger partial charge in [-0.2, -0.15) is 26.3 Å². The summed E-state index contributed by atoms with van der Waals surface area (Å²) in [5.41, 5.74) is 1.26. The first-order valence-electron chi connectivity index (χ1n) is 4.33. The standard InChI is InChI=1S/C9H6F6N2O/c10-8(11,12)5-1-4(7(16)17-18)2-6(3-5)9(13,14)15/h1-3,18H,(H2,16,17). The first-order chi connectivity index (χ1) is 8.05. The number of alkyl halides is 6. The summed E-state index contributed by atoms with van der Waals surface area (Å²) >= 11 is 0. The minimum atomic E-state index is -4.97. The van der Waals surface area contributed by atoms with Gasteiger partial charge in [0.15, 0.2) is 5.84 Å². The van der Waals surface area contributed by atoms with Crippen molar-refractivity contribution in [2.24, 2.45) is 10.9 Å². The van der Waals surface area contributed by atoms with Crippen LogP contribution in [0.3, 0.4) is 0 Å². The molecule has 0 spiro atoms. The molecule has 0 aromatic heterocycles. The van der Waals surface area contributed by atoms with Gasteiger partial charge in [0.1, 0.15) is 0 Å². The quantitative estimate of drug-likeness (QED) is 0.271. The van der Waals surface area contributed by atoms with Gasteiger partial charge >= 0.3 is 12.4 Å². The molecule has 0 saturated carbocycles. The van der Waals surface area contributed by atoms with Gasteiger partial charge in [-0.3, -0.25) is 0 Å². The molecule has 18 heavy (non-hydrogen) atoms. The summed E-state index contributed by atoms with van der Waals surface area (Å²) in [6.07, 6.45) is -9.93. The molecule has 0 aliphatic carbocycles. The number of nitrogens with zero attached hydrogens (tertiary/aromatic N) is 1. The van der Waals surface area contributed by atoms with Crippen molar-refractivity contribution in [3.8, 4) is 0 Å². The third-order valence-corrected chi connectivity index (χ3v) is 1.99. The Balaban J connectivity index is 3.49. The maximum atomic E-state index is 12.4. The van der Waals surface area contributed by atoms with Crippen LogP contribution in [0.2, 0.25) is 0 Å². The summed E-state index contributed by atoms with van der Waals surface area (Å²) in [5.74, 6) is -0.841. The Bertz CT molecular complexity index is 445. The Hall–Kier alpha value is -1.93. The number of amidine groups is 1. The van der Waals surface area contributed by atoms with Gasteiger partial charge in [0.25, 0.3) is 0 Å². The van der Waals surface area contributed by atoms with Crippen LogP contribution in [0.5, 0.6) is 0 Å².